The summed E-state index contributed by atoms with van der Waals surface area (Å²) in [7, 11) is -8.85. The number of hydrogen-bond acceptors (Lipinski definition) is 7. The van der Waals surface area contributed by atoms with Crippen molar-refractivity contribution >= 4 is 57.3 Å². The molecule has 0 radical (unpaired) electrons. The Balaban J connectivity index is 1.29. The van der Waals surface area contributed by atoms with Crippen molar-refractivity contribution in [2.45, 2.75) is 56.7 Å². The molecule has 0 spiro atoms. The van der Waals surface area contributed by atoms with Crippen LogP contribution in [0.1, 0.15) is 57.9 Å². The van der Waals surface area contributed by atoms with Crippen molar-refractivity contribution in [2.24, 2.45) is 5.41 Å². The van der Waals surface area contributed by atoms with Crippen molar-refractivity contribution in [2.75, 3.05) is 18.8 Å². The van der Waals surface area contributed by atoms with Gasteiger partial charge >= 0.3 is 13.3 Å². The number of carbonyl (C=O) groups is 3. The summed E-state index contributed by atoms with van der Waals surface area (Å²) >= 11 is 0.970. The first-order chi connectivity index (χ1) is 24.3. The summed E-state index contributed by atoms with van der Waals surface area (Å²) in [6, 6.07) is 18.8. The lowest BCUT2D eigenvalue weighted by Crippen LogP contribution is -2.61. The van der Waals surface area contributed by atoms with Crippen molar-refractivity contribution < 1.29 is 46.6 Å². The summed E-state index contributed by atoms with van der Waals surface area (Å²) in [5.74, 6) is -1.52. The van der Waals surface area contributed by atoms with Gasteiger partial charge in [-0.25, -0.2) is 0 Å². The molecule has 11 nitrogen and oxygen atoms in total. The molecule has 52 heavy (non-hydrogen) atoms. The van der Waals surface area contributed by atoms with Crippen LogP contribution < -0.4 is 5.32 Å². The molecular weight excluding hydrogens is 736 g/mol. The van der Waals surface area contributed by atoms with Crippen molar-refractivity contribution in [1.82, 2.24) is 15.1 Å². The fourth-order valence-electron chi connectivity index (χ4n) is 6.70. The number of nitrogens with zero attached hydrogens (tertiary/aromatic N) is 2. The van der Waals surface area contributed by atoms with E-state index in [1.165, 1.54) is 17.0 Å². The van der Waals surface area contributed by atoms with Crippen LogP contribution in [0.4, 0.5) is 8.78 Å². The first-order valence-corrected chi connectivity index (χ1v) is 20.7. The standard InChI is InChI=1S/C36H40F2N3O8PS2/c1-35(2,3)31(39-32(42)29-19-25-17-26(13-14-28(25)51-29)36(37,38)50(45,46)47)34(44)41-20-24-12-8-7-11-23(24)18-27(41)33(43)40-15-16-52(48,49)30(21-40)22-9-5-4-6-10-22/h4-14,17,19,27,30-31,48-49H,15-16,18,20-21H2,1-3H3,(H,39,42)(H2,45,46,47). The number of benzene rings is 3. The van der Waals surface area contributed by atoms with E-state index in [1.54, 1.807) is 49.9 Å². The predicted molar refractivity (Wildman–Crippen MR) is 196 cm³/mol. The molecule has 1 aromatic heterocycles. The second-order valence-corrected chi connectivity index (χ2v) is 19.4. The minimum absolute atomic E-state index is 0.0101. The second kappa shape index (κ2) is 13.9. The SMILES string of the molecule is CC(C)(C)C(NC(=O)c1cc2cc(C(F)(F)P(=O)(O)O)ccc2s1)C(=O)N1Cc2ccccc2CC1C(=O)N1CCS(O)(O)C(c2ccccc2)C1. The van der Waals surface area contributed by atoms with E-state index >= 15 is 0 Å². The molecule has 2 aliphatic heterocycles. The van der Waals surface area contributed by atoms with E-state index in [-0.39, 0.29) is 48.0 Å². The zero-order valence-electron chi connectivity index (χ0n) is 28.6. The highest BCUT2D eigenvalue weighted by molar-refractivity contribution is 8.24. The van der Waals surface area contributed by atoms with E-state index in [0.717, 1.165) is 34.6 Å². The van der Waals surface area contributed by atoms with Gasteiger partial charge in [0.1, 0.15) is 12.1 Å². The Kier molecular flexibility index (Phi) is 10.2. The molecule has 3 unspecified atom stereocenters. The Labute approximate surface area is 305 Å². The molecule has 4 aromatic rings. The van der Waals surface area contributed by atoms with Gasteiger partial charge in [0.05, 0.1) is 15.9 Å². The molecule has 0 bridgehead atoms. The van der Waals surface area contributed by atoms with Crippen molar-refractivity contribution in [3.05, 3.63) is 106 Å². The van der Waals surface area contributed by atoms with E-state index in [9.17, 15) is 46.6 Å². The third-order valence-electron chi connectivity index (χ3n) is 9.64. The molecule has 16 heteroatoms. The van der Waals surface area contributed by atoms with Crippen LogP contribution >= 0.6 is 29.5 Å². The lowest BCUT2D eigenvalue weighted by atomic mass is 9.84. The summed E-state index contributed by atoms with van der Waals surface area (Å²) in [5.41, 5.74) is -3.72. The van der Waals surface area contributed by atoms with Crippen LogP contribution in [0.15, 0.2) is 78.9 Å². The topological polar surface area (TPSA) is 168 Å². The molecule has 3 amide bonds. The number of carbonyl (C=O) groups excluding carboxylic acids is 3. The van der Waals surface area contributed by atoms with Crippen molar-refractivity contribution in [3.63, 3.8) is 0 Å². The summed E-state index contributed by atoms with van der Waals surface area (Å²) < 4.78 is 62.6. The molecule has 3 atom stereocenters. The average Bonchev–Trinajstić information content (AvgIpc) is 3.52. The molecule has 278 valence electrons. The molecule has 3 heterocycles. The molecule has 0 saturated carbocycles. The van der Waals surface area contributed by atoms with Gasteiger partial charge in [-0.3, -0.25) is 28.1 Å². The zero-order chi connectivity index (χ0) is 37.8. The highest BCUT2D eigenvalue weighted by atomic mass is 32.3. The van der Waals surface area contributed by atoms with Crippen LogP contribution in [0.5, 0.6) is 0 Å². The van der Waals surface area contributed by atoms with Gasteiger partial charge < -0.3 is 24.9 Å². The maximum absolute atomic E-state index is 14.6. The van der Waals surface area contributed by atoms with Gasteiger partial charge in [-0.15, -0.1) is 11.3 Å². The first kappa shape index (κ1) is 38.0. The number of halogens is 2. The number of fused-ring (bicyclic) bond motifs is 2. The molecule has 1 saturated heterocycles. The Morgan fingerprint density at radius 1 is 0.962 bits per heavy atom. The van der Waals surface area contributed by atoms with Crippen LogP contribution in [0.25, 0.3) is 10.1 Å². The van der Waals surface area contributed by atoms with E-state index in [0.29, 0.717) is 10.3 Å². The summed E-state index contributed by atoms with van der Waals surface area (Å²) in [5, 5.41) is 2.29. The van der Waals surface area contributed by atoms with Gasteiger partial charge in [0.25, 0.3) is 5.91 Å². The van der Waals surface area contributed by atoms with Gasteiger partial charge in [0, 0.05) is 36.3 Å². The van der Waals surface area contributed by atoms with E-state index in [4.69, 9.17) is 0 Å². The molecule has 6 rings (SSSR count). The first-order valence-electron chi connectivity index (χ1n) is 16.5. The van der Waals surface area contributed by atoms with E-state index in [2.05, 4.69) is 5.32 Å². The highest BCUT2D eigenvalue weighted by Gasteiger charge is 2.50. The maximum Gasteiger partial charge on any atom is 0.399 e. The smallest absolute Gasteiger partial charge is 0.339 e. The zero-order valence-corrected chi connectivity index (χ0v) is 31.1. The normalized spacial score (nSPS) is 20.6. The fourth-order valence-corrected chi connectivity index (χ4v) is 9.91. The molecule has 0 aliphatic carbocycles. The number of hydrogen-bond donors (Lipinski definition) is 5. The van der Waals surface area contributed by atoms with Gasteiger partial charge in [-0.2, -0.15) is 19.4 Å². The molecule has 5 N–H and O–H groups in total. The average molecular weight is 776 g/mol. The lowest BCUT2D eigenvalue weighted by Gasteiger charge is -2.49. The van der Waals surface area contributed by atoms with Crippen LogP contribution in [-0.2, 0) is 32.8 Å². The Morgan fingerprint density at radius 3 is 2.27 bits per heavy atom. The van der Waals surface area contributed by atoms with Crippen LogP contribution in [0.3, 0.4) is 0 Å². The van der Waals surface area contributed by atoms with E-state index in [1.807, 2.05) is 30.3 Å². The van der Waals surface area contributed by atoms with Gasteiger partial charge in [0.2, 0.25) is 11.8 Å². The molecule has 1 fully saturated rings. The minimum Gasteiger partial charge on any atom is -0.339 e. The Morgan fingerprint density at radius 2 is 1.62 bits per heavy atom. The lowest BCUT2D eigenvalue weighted by molar-refractivity contribution is -0.149. The third-order valence-corrected chi connectivity index (χ3v) is 13.9. The quantitative estimate of drug-likeness (QED) is 0.132. The Bertz CT molecular complexity index is 2070. The number of alkyl halides is 2. The number of thiophene rings is 1. The van der Waals surface area contributed by atoms with E-state index < -0.39 is 64.0 Å². The summed E-state index contributed by atoms with van der Waals surface area (Å²) in [6.45, 7) is 5.55. The van der Waals surface area contributed by atoms with Crippen molar-refractivity contribution in [3.8, 4) is 0 Å². The summed E-state index contributed by atoms with van der Waals surface area (Å²) in [4.78, 5) is 64.3. The minimum atomic E-state index is -5.81. The summed E-state index contributed by atoms with van der Waals surface area (Å²) in [6.07, 6.45) is 0.214. The van der Waals surface area contributed by atoms with Crippen molar-refractivity contribution in [1.29, 1.82) is 0 Å². The Hall–Kier alpha value is -3.69. The number of amides is 3. The monoisotopic (exact) mass is 775 g/mol. The fraction of sp³-hybridized carbons (Fsp3) is 0.361. The second-order valence-electron chi connectivity index (χ2n) is 14.3. The third kappa shape index (κ3) is 7.41. The predicted octanol–water partition coefficient (Wildman–Crippen LogP) is 6.56. The largest absolute Gasteiger partial charge is 0.399 e. The van der Waals surface area contributed by atoms with Gasteiger partial charge in [-0.1, -0.05) is 81.4 Å². The number of nitrogens with one attached hydrogen (secondary N) is 1. The van der Waals surface area contributed by atoms with Gasteiger partial charge in [0.15, 0.2) is 0 Å². The number of rotatable bonds is 7. The molecular formula is C36H40F2N3O8PS2. The van der Waals surface area contributed by atoms with Crippen LogP contribution in [0.2, 0.25) is 0 Å². The van der Waals surface area contributed by atoms with Crippen LogP contribution in [-0.4, -0.2) is 77.3 Å². The maximum atomic E-state index is 14.6. The molecule has 3 aromatic carbocycles. The highest BCUT2D eigenvalue weighted by Crippen LogP contribution is 2.59. The van der Waals surface area contributed by atoms with Crippen LogP contribution in [0, 0.1) is 5.41 Å². The molecule has 2 aliphatic rings. The van der Waals surface area contributed by atoms with Gasteiger partial charge in [-0.05, 0) is 45.7 Å².